The Morgan fingerprint density at radius 1 is 1.22 bits per heavy atom. The summed E-state index contributed by atoms with van der Waals surface area (Å²) in [7, 11) is 0. The van der Waals surface area contributed by atoms with Gasteiger partial charge in [0.05, 0.1) is 0 Å². The first-order valence-corrected chi connectivity index (χ1v) is 6.95. The molecule has 106 valence electrons. The van der Waals surface area contributed by atoms with Gasteiger partial charge in [0.2, 0.25) is 5.91 Å². The minimum atomic E-state index is -0.140. The third-order valence-electron chi connectivity index (χ3n) is 4.07. The van der Waals surface area contributed by atoms with Crippen LogP contribution in [0.25, 0.3) is 0 Å². The summed E-state index contributed by atoms with van der Waals surface area (Å²) in [5.74, 6) is 1.21. The number of likely N-dealkylation sites (tertiary alicyclic amines) is 1. The van der Waals surface area contributed by atoms with Crippen molar-refractivity contribution in [3.05, 3.63) is 0 Å². The molecule has 1 atom stereocenters. The summed E-state index contributed by atoms with van der Waals surface area (Å²) in [6, 6.07) is 0. The number of carbonyl (C=O) groups is 1. The highest BCUT2D eigenvalue weighted by Crippen LogP contribution is 2.22. The van der Waals surface area contributed by atoms with Gasteiger partial charge in [0.15, 0.2) is 0 Å². The lowest BCUT2D eigenvalue weighted by atomic mass is 9.92. The van der Waals surface area contributed by atoms with Gasteiger partial charge in [0.25, 0.3) is 0 Å². The van der Waals surface area contributed by atoms with Crippen molar-refractivity contribution < 1.29 is 4.79 Å². The maximum absolute atomic E-state index is 11.0. The van der Waals surface area contributed by atoms with E-state index in [1.165, 1.54) is 51.9 Å². The number of amides is 1. The van der Waals surface area contributed by atoms with Crippen LogP contribution in [-0.2, 0) is 4.79 Å². The molecule has 2 rings (SSSR count). The summed E-state index contributed by atoms with van der Waals surface area (Å²) in [5.41, 5.74) is 5.29. The minimum Gasteiger partial charge on any atom is -0.370 e. The second-order valence-corrected chi connectivity index (χ2v) is 5.63. The lowest BCUT2D eigenvalue weighted by Gasteiger charge is -2.35. The minimum absolute atomic E-state index is 0. The van der Waals surface area contributed by atoms with Gasteiger partial charge in [0.1, 0.15) is 0 Å². The fourth-order valence-corrected chi connectivity index (χ4v) is 3.20. The van der Waals surface area contributed by atoms with Gasteiger partial charge in [-0.3, -0.25) is 4.79 Å². The zero-order valence-corrected chi connectivity index (χ0v) is 11.9. The molecule has 0 saturated carbocycles. The molecule has 2 saturated heterocycles. The highest BCUT2D eigenvalue weighted by Gasteiger charge is 2.24. The number of rotatable bonds is 4. The average Bonchev–Trinajstić information content (AvgIpc) is 2.30. The SMILES string of the molecule is Cl.NC(=O)CC1CCCN(CC2CCNCC2)C1. The zero-order chi connectivity index (χ0) is 12.1. The Hall–Kier alpha value is -0.320. The number of hydrogen-bond donors (Lipinski definition) is 2. The molecule has 5 heteroatoms. The highest BCUT2D eigenvalue weighted by atomic mass is 35.5. The van der Waals surface area contributed by atoms with Crippen LogP contribution >= 0.6 is 12.4 Å². The normalized spacial score (nSPS) is 26.6. The zero-order valence-electron chi connectivity index (χ0n) is 11.1. The lowest BCUT2D eigenvalue weighted by Crippen LogP contribution is -2.42. The first kappa shape index (κ1) is 15.7. The van der Waals surface area contributed by atoms with Gasteiger partial charge in [-0.2, -0.15) is 0 Å². The van der Waals surface area contributed by atoms with E-state index in [2.05, 4.69) is 10.2 Å². The fourth-order valence-electron chi connectivity index (χ4n) is 3.20. The Bertz CT molecular complexity index is 257. The van der Waals surface area contributed by atoms with Crippen LogP contribution in [0.15, 0.2) is 0 Å². The van der Waals surface area contributed by atoms with Gasteiger partial charge in [-0.15, -0.1) is 12.4 Å². The molecule has 4 nitrogen and oxygen atoms in total. The van der Waals surface area contributed by atoms with Crippen molar-refractivity contribution in [2.75, 3.05) is 32.7 Å². The van der Waals surface area contributed by atoms with Gasteiger partial charge in [-0.25, -0.2) is 0 Å². The maximum Gasteiger partial charge on any atom is 0.217 e. The third kappa shape index (κ3) is 5.12. The number of nitrogens with one attached hydrogen (secondary N) is 1. The summed E-state index contributed by atoms with van der Waals surface area (Å²) in [6.07, 6.45) is 5.57. The monoisotopic (exact) mass is 275 g/mol. The van der Waals surface area contributed by atoms with Crippen LogP contribution in [0.1, 0.15) is 32.1 Å². The van der Waals surface area contributed by atoms with E-state index in [1.807, 2.05) is 0 Å². The quantitative estimate of drug-likeness (QED) is 0.805. The van der Waals surface area contributed by atoms with Gasteiger partial charge in [-0.05, 0) is 57.2 Å². The third-order valence-corrected chi connectivity index (χ3v) is 4.07. The molecule has 1 unspecified atom stereocenters. The summed E-state index contributed by atoms with van der Waals surface area (Å²) < 4.78 is 0. The van der Waals surface area contributed by atoms with E-state index < -0.39 is 0 Å². The lowest BCUT2D eigenvalue weighted by molar-refractivity contribution is -0.119. The summed E-state index contributed by atoms with van der Waals surface area (Å²) in [6.45, 7) is 5.84. The number of nitrogens with two attached hydrogens (primary N) is 1. The van der Waals surface area contributed by atoms with E-state index in [0.29, 0.717) is 12.3 Å². The van der Waals surface area contributed by atoms with Crippen LogP contribution in [0, 0.1) is 11.8 Å². The summed E-state index contributed by atoms with van der Waals surface area (Å²) >= 11 is 0. The van der Waals surface area contributed by atoms with Crippen molar-refractivity contribution >= 4 is 18.3 Å². The van der Waals surface area contributed by atoms with E-state index in [4.69, 9.17) is 5.73 Å². The molecule has 0 aromatic rings. The highest BCUT2D eigenvalue weighted by molar-refractivity contribution is 5.85. The smallest absolute Gasteiger partial charge is 0.217 e. The Kier molecular flexibility index (Phi) is 6.97. The fraction of sp³-hybridized carbons (Fsp3) is 0.923. The molecule has 0 aromatic carbocycles. The van der Waals surface area contributed by atoms with Crippen molar-refractivity contribution in [2.45, 2.75) is 32.1 Å². The van der Waals surface area contributed by atoms with E-state index in [1.54, 1.807) is 0 Å². The topological polar surface area (TPSA) is 58.4 Å². The molecule has 2 heterocycles. The predicted octanol–water partition coefficient (Wildman–Crippen LogP) is 0.995. The molecule has 18 heavy (non-hydrogen) atoms. The molecule has 0 spiro atoms. The first-order valence-electron chi connectivity index (χ1n) is 6.95. The molecule has 1 amide bonds. The predicted molar refractivity (Wildman–Crippen MR) is 75.8 cm³/mol. The molecule has 3 N–H and O–H groups in total. The van der Waals surface area contributed by atoms with Crippen LogP contribution in [0.5, 0.6) is 0 Å². The van der Waals surface area contributed by atoms with Crippen molar-refractivity contribution in [2.24, 2.45) is 17.6 Å². The van der Waals surface area contributed by atoms with Gasteiger partial charge >= 0.3 is 0 Å². The average molecular weight is 276 g/mol. The van der Waals surface area contributed by atoms with E-state index >= 15 is 0 Å². The number of piperidine rings is 2. The summed E-state index contributed by atoms with van der Waals surface area (Å²) in [4.78, 5) is 13.5. The van der Waals surface area contributed by atoms with Crippen molar-refractivity contribution in [1.82, 2.24) is 10.2 Å². The van der Waals surface area contributed by atoms with E-state index in [-0.39, 0.29) is 18.3 Å². The number of halogens is 1. The molecule has 2 aliphatic heterocycles. The van der Waals surface area contributed by atoms with Crippen LogP contribution in [-0.4, -0.2) is 43.5 Å². The van der Waals surface area contributed by atoms with E-state index in [0.717, 1.165) is 12.5 Å². The van der Waals surface area contributed by atoms with Crippen LogP contribution in [0.4, 0.5) is 0 Å². The Morgan fingerprint density at radius 2 is 1.94 bits per heavy atom. The van der Waals surface area contributed by atoms with Crippen LogP contribution in [0.3, 0.4) is 0 Å². The van der Waals surface area contributed by atoms with Crippen LogP contribution < -0.4 is 11.1 Å². The second kappa shape index (κ2) is 7.97. The number of primary amides is 1. The number of carbonyl (C=O) groups excluding carboxylic acids is 1. The molecular formula is C13H26ClN3O. The van der Waals surface area contributed by atoms with Crippen molar-refractivity contribution in [1.29, 1.82) is 0 Å². The van der Waals surface area contributed by atoms with Crippen LogP contribution in [0.2, 0.25) is 0 Å². The number of hydrogen-bond acceptors (Lipinski definition) is 3. The molecule has 2 fully saturated rings. The van der Waals surface area contributed by atoms with Gasteiger partial charge < -0.3 is 16.0 Å². The van der Waals surface area contributed by atoms with E-state index in [9.17, 15) is 4.79 Å². The molecule has 0 radical (unpaired) electrons. The van der Waals surface area contributed by atoms with Crippen molar-refractivity contribution in [3.63, 3.8) is 0 Å². The molecule has 2 aliphatic rings. The maximum atomic E-state index is 11.0. The van der Waals surface area contributed by atoms with Crippen molar-refractivity contribution in [3.8, 4) is 0 Å². The number of nitrogens with zero attached hydrogens (tertiary/aromatic N) is 1. The molecular weight excluding hydrogens is 250 g/mol. The van der Waals surface area contributed by atoms with Gasteiger partial charge in [0, 0.05) is 19.5 Å². The standard InChI is InChI=1S/C13H25N3O.ClH/c14-13(17)8-12-2-1-7-16(10-12)9-11-3-5-15-6-4-11;/h11-12,15H,1-10H2,(H2,14,17);1H. The summed E-state index contributed by atoms with van der Waals surface area (Å²) in [5, 5.41) is 3.41. The largest absolute Gasteiger partial charge is 0.370 e. The second-order valence-electron chi connectivity index (χ2n) is 5.63. The first-order chi connectivity index (χ1) is 8.24. The molecule has 0 aliphatic carbocycles. The Labute approximate surface area is 116 Å². The Balaban J connectivity index is 0.00000162. The Morgan fingerprint density at radius 3 is 2.61 bits per heavy atom. The van der Waals surface area contributed by atoms with Gasteiger partial charge in [-0.1, -0.05) is 0 Å². The molecule has 0 aromatic heterocycles. The molecule has 0 bridgehead atoms.